The molecule has 180 valence electrons. The van der Waals surface area contributed by atoms with E-state index in [2.05, 4.69) is 53.7 Å². The molecule has 3 fully saturated rings. The van der Waals surface area contributed by atoms with Crippen LogP contribution in [0.2, 0.25) is 0 Å². The first-order valence-electron chi connectivity index (χ1n) is 13.6. The Kier molecular flexibility index (Phi) is 6.74. The lowest BCUT2D eigenvalue weighted by Gasteiger charge is -2.55. The molecule has 4 aliphatic rings. The van der Waals surface area contributed by atoms with Gasteiger partial charge in [0, 0.05) is 13.3 Å². The van der Waals surface area contributed by atoms with Crippen molar-refractivity contribution in [1.82, 2.24) is 0 Å². The number of ether oxygens (including phenoxy) is 1. The van der Waals surface area contributed by atoms with Crippen LogP contribution in [-0.2, 0) is 9.53 Å². The van der Waals surface area contributed by atoms with Crippen LogP contribution >= 0.6 is 0 Å². The van der Waals surface area contributed by atoms with Crippen LogP contribution < -0.4 is 0 Å². The van der Waals surface area contributed by atoms with Gasteiger partial charge in [0.15, 0.2) is 0 Å². The topological polar surface area (TPSA) is 26.3 Å². The molecule has 0 aromatic carbocycles. The van der Waals surface area contributed by atoms with Crippen LogP contribution in [0.25, 0.3) is 0 Å². The molecule has 0 unspecified atom stereocenters. The van der Waals surface area contributed by atoms with Crippen LogP contribution in [0.5, 0.6) is 0 Å². The first kappa shape index (κ1) is 24.1. The number of carbonyl (C=O) groups is 1. The predicted molar refractivity (Wildman–Crippen MR) is 133 cm³/mol. The normalized spacial score (nSPS) is 40.5. The monoisotopic (exact) mass is 440 g/mol. The van der Waals surface area contributed by atoms with E-state index in [9.17, 15) is 4.79 Å². The van der Waals surface area contributed by atoms with Gasteiger partial charge < -0.3 is 4.74 Å². The fourth-order valence-corrected chi connectivity index (χ4v) is 8.34. The third-order valence-electron chi connectivity index (χ3n) is 10.8. The Labute approximate surface area is 197 Å². The summed E-state index contributed by atoms with van der Waals surface area (Å²) < 4.78 is 5.60. The highest BCUT2D eigenvalue weighted by Gasteiger charge is 2.57. The van der Waals surface area contributed by atoms with Gasteiger partial charge in [0.1, 0.15) is 6.10 Å². The maximum Gasteiger partial charge on any atom is 0.302 e. The zero-order chi connectivity index (χ0) is 23.3. The van der Waals surface area contributed by atoms with E-state index in [1.54, 1.807) is 12.5 Å². The number of fused-ring (bicyclic) bond motifs is 5. The summed E-state index contributed by atoms with van der Waals surface area (Å²) in [7, 11) is 0. The minimum absolute atomic E-state index is 0.0839. The standard InChI is InChI=1S/C30H48O2/c1-19(2)20(3)8-9-21(4)26-12-13-27-25-11-10-23-18-24(32-22(5)31)14-16-29(23,6)28(25)15-17-30(26,27)7/h10-11,19-21,24,26-28H,8-9,12-18H2,1-7H3/t20-,21-,24+,26-,27-,28-,29+,30-/m1/s1. The predicted octanol–water partition coefficient (Wildman–Crippen LogP) is 8.13. The number of allylic oxidation sites excluding steroid dienone is 3. The van der Waals surface area contributed by atoms with Crippen molar-refractivity contribution in [3.8, 4) is 0 Å². The molecule has 0 heterocycles. The van der Waals surface area contributed by atoms with Crippen molar-refractivity contribution in [3.63, 3.8) is 0 Å². The molecule has 0 aliphatic heterocycles. The van der Waals surface area contributed by atoms with Crippen LogP contribution in [0.4, 0.5) is 0 Å². The van der Waals surface area contributed by atoms with Gasteiger partial charge in [-0.1, -0.05) is 77.7 Å². The first-order valence-corrected chi connectivity index (χ1v) is 13.6. The van der Waals surface area contributed by atoms with Gasteiger partial charge >= 0.3 is 5.97 Å². The van der Waals surface area contributed by atoms with Crippen LogP contribution in [0.3, 0.4) is 0 Å². The summed E-state index contributed by atoms with van der Waals surface area (Å²) in [6.45, 7) is 16.5. The van der Waals surface area contributed by atoms with E-state index in [0.29, 0.717) is 11.3 Å². The molecular weight excluding hydrogens is 392 g/mol. The molecule has 4 rings (SSSR count). The fraction of sp³-hybridized carbons (Fsp3) is 0.833. The summed E-state index contributed by atoms with van der Waals surface area (Å²) in [5.41, 5.74) is 4.08. The molecule has 0 amide bonds. The van der Waals surface area contributed by atoms with Crippen LogP contribution in [0.1, 0.15) is 106 Å². The zero-order valence-corrected chi connectivity index (χ0v) is 21.9. The number of rotatable bonds is 6. The third kappa shape index (κ3) is 4.14. The lowest BCUT2D eigenvalue weighted by atomic mass is 9.50. The summed E-state index contributed by atoms with van der Waals surface area (Å²) in [5.74, 6) is 4.71. The van der Waals surface area contributed by atoms with Crippen LogP contribution in [0.15, 0.2) is 23.3 Å². The zero-order valence-electron chi connectivity index (χ0n) is 21.9. The van der Waals surface area contributed by atoms with Gasteiger partial charge in [-0.15, -0.1) is 0 Å². The van der Waals surface area contributed by atoms with Crippen molar-refractivity contribution < 1.29 is 9.53 Å². The van der Waals surface area contributed by atoms with Crippen molar-refractivity contribution in [2.75, 3.05) is 0 Å². The van der Waals surface area contributed by atoms with Gasteiger partial charge in [-0.2, -0.15) is 0 Å². The Hall–Kier alpha value is -1.05. The first-order chi connectivity index (χ1) is 15.1. The molecule has 0 saturated heterocycles. The van der Waals surface area contributed by atoms with Gasteiger partial charge in [-0.25, -0.2) is 0 Å². The smallest absolute Gasteiger partial charge is 0.302 e. The molecule has 8 atom stereocenters. The van der Waals surface area contributed by atoms with E-state index in [1.807, 2.05) is 0 Å². The molecule has 0 spiro atoms. The van der Waals surface area contributed by atoms with Crippen LogP contribution in [0, 0.1) is 46.3 Å². The third-order valence-corrected chi connectivity index (χ3v) is 10.8. The molecule has 4 aliphatic carbocycles. The Balaban J connectivity index is 1.50. The Morgan fingerprint density at radius 2 is 1.75 bits per heavy atom. The quantitative estimate of drug-likeness (QED) is 0.390. The SMILES string of the molecule is CC(=O)O[C@H]1CC[C@@]2(C)C(=CC=C3[C@H]4CC[C@H]([C@H](C)CC[C@@H](C)C(C)C)[C@@]4(C)CC[C@H]32)C1. The summed E-state index contributed by atoms with van der Waals surface area (Å²) >= 11 is 0. The average molecular weight is 441 g/mol. The number of hydrogen-bond donors (Lipinski definition) is 0. The molecule has 0 N–H and O–H groups in total. The lowest BCUT2D eigenvalue weighted by Crippen LogP contribution is -2.46. The average Bonchev–Trinajstić information content (AvgIpc) is 3.08. The fourth-order valence-electron chi connectivity index (χ4n) is 8.34. The minimum atomic E-state index is -0.131. The Bertz CT molecular complexity index is 776. The molecule has 32 heavy (non-hydrogen) atoms. The summed E-state index contributed by atoms with van der Waals surface area (Å²) in [6.07, 6.45) is 16.5. The van der Waals surface area contributed by atoms with Crippen molar-refractivity contribution >= 4 is 5.97 Å². The van der Waals surface area contributed by atoms with E-state index in [1.165, 1.54) is 44.1 Å². The maximum atomic E-state index is 11.5. The highest BCUT2D eigenvalue weighted by Crippen LogP contribution is 2.66. The molecule has 0 bridgehead atoms. The van der Waals surface area contributed by atoms with Crippen molar-refractivity contribution in [2.24, 2.45) is 46.3 Å². The van der Waals surface area contributed by atoms with Gasteiger partial charge in [-0.05, 0) is 84.9 Å². The largest absolute Gasteiger partial charge is 0.462 e. The second-order valence-electron chi connectivity index (χ2n) is 12.9. The van der Waals surface area contributed by atoms with Gasteiger partial charge in [-0.3, -0.25) is 4.79 Å². The molecule has 2 nitrogen and oxygen atoms in total. The van der Waals surface area contributed by atoms with E-state index < -0.39 is 0 Å². The molecule has 3 saturated carbocycles. The number of esters is 1. The second kappa shape index (κ2) is 8.95. The highest BCUT2D eigenvalue weighted by molar-refractivity contribution is 5.66. The Morgan fingerprint density at radius 1 is 1.00 bits per heavy atom. The van der Waals surface area contributed by atoms with E-state index >= 15 is 0 Å². The lowest BCUT2D eigenvalue weighted by molar-refractivity contribution is -0.148. The van der Waals surface area contributed by atoms with Crippen LogP contribution in [-0.4, -0.2) is 12.1 Å². The van der Waals surface area contributed by atoms with E-state index in [4.69, 9.17) is 4.74 Å². The molecule has 0 aromatic rings. The van der Waals surface area contributed by atoms with E-state index in [-0.39, 0.29) is 17.5 Å². The number of hydrogen-bond acceptors (Lipinski definition) is 2. The van der Waals surface area contributed by atoms with Gasteiger partial charge in [0.05, 0.1) is 0 Å². The molecule has 0 aromatic heterocycles. The maximum absolute atomic E-state index is 11.5. The van der Waals surface area contributed by atoms with Gasteiger partial charge in [0.2, 0.25) is 0 Å². The number of carbonyl (C=O) groups excluding carboxylic acids is 1. The summed E-state index contributed by atoms with van der Waals surface area (Å²) in [5, 5.41) is 0. The molecule has 0 radical (unpaired) electrons. The van der Waals surface area contributed by atoms with Crippen molar-refractivity contribution in [3.05, 3.63) is 23.3 Å². The van der Waals surface area contributed by atoms with Crippen molar-refractivity contribution in [2.45, 2.75) is 112 Å². The molecule has 2 heteroatoms. The summed E-state index contributed by atoms with van der Waals surface area (Å²) in [4.78, 5) is 11.5. The van der Waals surface area contributed by atoms with Crippen molar-refractivity contribution in [1.29, 1.82) is 0 Å². The molecular formula is C30H48O2. The van der Waals surface area contributed by atoms with E-state index in [0.717, 1.165) is 48.9 Å². The summed E-state index contributed by atoms with van der Waals surface area (Å²) in [6, 6.07) is 0. The van der Waals surface area contributed by atoms with Gasteiger partial charge in [0.25, 0.3) is 0 Å². The Morgan fingerprint density at radius 3 is 2.44 bits per heavy atom. The minimum Gasteiger partial charge on any atom is -0.462 e. The second-order valence-corrected chi connectivity index (χ2v) is 12.9. The highest BCUT2D eigenvalue weighted by atomic mass is 16.5.